The lowest BCUT2D eigenvalue weighted by molar-refractivity contribution is 0.568. The third-order valence-corrected chi connectivity index (χ3v) is 18.2. The highest BCUT2D eigenvalue weighted by atomic mass is 15.2. The molecule has 0 bridgehead atoms. The average molecular weight is 1200 g/mol. The monoisotopic (exact) mass is 1200 g/mol. The predicted octanol–water partition coefficient (Wildman–Crippen LogP) is 22.8. The fourth-order valence-corrected chi connectivity index (χ4v) is 12.5. The zero-order valence-electron chi connectivity index (χ0n) is 72.6. The number of nitrogens with zero attached hydrogens (tertiary/aromatic N) is 2. The van der Waals surface area contributed by atoms with E-state index in [0.29, 0.717) is 28.2 Å². The fourth-order valence-electron chi connectivity index (χ4n) is 12.5. The van der Waals surface area contributed by atoms with Gasteiger partial charge in [-0.25, -0.2) is 0 Å². The molecule has 2 nitrogen and oxygen atoms in total. The summed E-state index contributed by atoms with van der Waals surface area (Å²) in [7, 11) is 1.97. The molecular formula is C87H103BN2. The molecule has 0 aliphatic carbocycles. The Kier molecular flexibility index (Phi) is 11.8. The highest BCUT2D eigenvalue weighted by molar-refractivity contribution is 7.00. The smallest absolute Gasteiger partial charge is 0.252 e. The van der Waals surface area contributed by atoms with Gasteiger partial charge in [-0.15, -0.1) is 0 Å². The quantitative estimate of drug-likeness (QED) is 0.153. The van der Waals surface area contributed by atoms with Crippen LogP contribution in [0.25, 0.3) is 55.6 Å². The van der Waals surface area contributed by atoms with E-state index in [2.05, 4.69) is 160 Å². The fraction of sp³-hybridized carbons (Fsp3) is 0.379. The highest BCUT2D eigenvalue weighted by Crippen LogP contribution is 2.54. The maximum Gasteiger partial charge on any atom is 0.252 e. The van der Waals surface area contributed by atoms with Crippen molar-refractivity contribution in [3.63, 3.8) is 0 Å². The third kappa shape index (κ3) is 12.1. The molecule has 0 fully saturated rings. The van der Waals surface area contributed by atoms with Crippen molar-refractivity contribution >= 4 is 51.5 Å². The van der Waals surface area contributed by atoms with Gasteiger partial charge in [0.05, 0.1) is 24.9 Å². The van der Waals surface area contributed by atoms with E-state index in [1.807, 2.05) is 108 Å². The second kappa shape index (κ2) is 21.9. The molecule has 2 heterocycles. The Hall–Kier alpha value is -7.36. The van der Waals surface area contributed by atoms with Gasteiger partial charge in [0.25, 0.3) is 6.71 Å². The van der Waals surface area contributed by atoms with Crippen molar-refractivity contribution in [3.8, 4) is 55.6 Å². The van der Waals surface area contributed by atoms with Gasteiger partial charge in [0, 0.05) is 40.9 Å². The van der Waals surface area contributed by atoms with E-state index in [-0.39, 0.29) is 138 Å². The maximum atomic E-state index is 11.3. The minimum absolute atomic E-state index is 0.00675. The van der Waals surface area contributed by atoms with Crippen molar-refractivity contribution in [1.82, 2.24) is 0 Å². The Balaban J connectivity index is 1.49. The van der Waals surface area contributed by atoms with Gasteiger partial charge in [0.2, 0.25) is 0 Å². The van der Waals surface area contributed by atoms with Gasteiger partial charge in [-0.05, 0) is 185 Å². The van der Waals surface area contributed by atoms with E-state index in [0.717, 1.165) is 66.6 Å². The summed E-state index contributed by atoms with van der Waals surface area (Å²) in [6, 6.07) is 25.9. The first-order valence-electron chi connectivity index (χ1n) is 39.3. The Bertz CT molecular complexity index is 5000. The Morgan fingerprint density at radius 3 is 1.19 bits per heavy atom. The molecular weight excluding hydrogens is 1080 g/mol. The molecule has 0 saturated carbocycles. The second-order valence-corrected chi connectivity index (χ2v) is 33.9. The molecule has 0 amide bonds. The molecule has 0 aromatic heterocycles. The molecule has 0 unspecified atom stereocenters. The van der Waals surface area contributed by atoms with Crippen molar-refractivity contribution in [2.24, 2.45) is 0 Å². The van der Waals surface area contributed by atoms with Gasteiger partial charge in [0.15, 0.2) is 0 Å². The Morgan fingerprint density at radius 1 is 0.300 bits per heavy atom. The molecule has 464 valence electrons. The standard InChI is InChI=1S/C87H103BN2/c1-80(2,3)61-35-31-55(32-36-61)68-52-67(86(19,20)21)53-70(69-51-62(81(4,5)6)37-38-71(69)87(22,23)24)79(68)90-75-46-57(58-41-63(82(7,8)9)49-64(42-58)83(10,11)12)34-40-73(75)88-72-39-33-56(54-29-27-26-28-30-54)45-74(72)89(25)76-47-60(48-77(90)78(76)88)59-43-65(84(13,14)15)50-66(44-59)85(16,17)18/h26-53H,1-25H3/i26D,27D,28D,29D,30D,31D,32D,35D,36D,37D,38D,51D,52D,53D. The summed E-state index contributed by atoms with van der Waals surface area (Å²) in [5.74, 6) is 0. The molecule has 0 atom stereocenters. The molecule has 11 rings (SSSR count). The molecule has 0 radical (unpaired) electrons. The maximum absolute atomic E-state index is 11.3. The van der Waals surface area contributed by atoms with E-state index >= 15 is 0 Å². The summed E-state index contributed by atoms with van der Waals surface area (Å²) in [5.41, 5.74) is 9.32. The summed E-state index contributed by atoms with van der Waals surface area (Å²) in [6.07, 6.45) is 0. The lowest BCUT2D eigenvalue weighted by atomic mass is 9.33. The van der Waals surface area contributed by atoms with Crippen molar-refractivity contribution in [2.75, 3.05) is 16.8 Å². The van der Waals surface area contributed by atoms with Crippen LogP contribution in [-0.2, 0) is 43.3 Å². The molecule has 0 saturated heterocycles. The minimum Gasteiger partial charge on any atom is -0.345 e. The van der Waals surface area contributed by atoms with Crippen LogP contribution in [0, 0.1) is 0 Å². The normalized spacial score (nSPS) is 16.2. The van der Waals surface area contributed by atoms with Crippen LogP contribution in [0.3, 0.4) is 0 Å². The lowest BCUT2D eigenvalue weighted by Crippen LogP contribution is -2.61. The van der Waals surface area contributed by atoms with Crippen molar-refractivity contribution < 1.29 is 19.2 Å². The number of hydrogen-bond acceptors (Lipinski definition) is 2. The van der Waals surface area contributed by atoms with Crippen LogP contribution >= 0.6 is 0 Å². The van der Waals surface area contributed by atoms with Crippen LogP contribution in [0.1, 0.15) is 230 Å². The van der Waals surface area contributed by atoms with E-state index < -0.39 is 46.5 Å². The van der Waals surface area contributed by atoms with E-state index in [9.17, 15) is 15.1 Å². The highest BCUT2D eigenvalue weighted by Gasteiger charge is 2.45. The number of fused-ring (bicyclic) bond motifs is 4. The molecule has 9 aromatic carbocycles. The first kappa shape index (κ1) is 48.4. The topological polar surface area (TPSA) is 6.48 Å². The van der Waals surface area contributed by atoms with Crippen LogP contribution in [0.5, 0.6) is 0 Å². The largest absolute Gasteiger partial charge is 0.345 e. The summed E-state index contributed by atoms with van der Waals surface area (Å²) in [6.45, 7) is 48.7. The molecule has 0 spiro atoms. The molecule has 3 heteroatoms. The van der Waals surface area contributed by atoms with Crippen LogP contribution in [0.2, 0.25) is 0 Å². The number of anilines is 5. The predicted molar refractivity (Wildman–Crippen MR) is 397 cm³/mol. The number of benzene rings is 9. The van der Waals surface area contributed by atoms with E-state index in [1.165, 1.54) is 0 Å². The van der Waals surface area contributed by atoms with Crippen LogP contribution in [-0.4, -0.2) is 13.8 Å². The SMILES string of the molecule is [2H]c1c([2H])c([2H])c(-c2ccc3c(c2)N(C)c2cc(-c4cc(C(C)(C)C)cc(C(C)(C)C)c4)cc4c2B3c2ccc(-c3cc(C(C)(C)C)cc(C(C)(C)C)c3)cc2N4c2c(-c3c([2H])c([2H])c(C(C)(C)C)c([2H])c3[2H])c([2H])c(C(C)(C)C)c([2H])c2-c2c([2H])c(C(C)(C)C)c([2H])c([2H])c2C(C)(C)C)c([2H])c1[2H]. The van der Waals surface area contributed by atoms with Crippen molar-refractivity contribution in [1.29, 1.82) is 0 Å². The second-order valence-electron chi connectivity index (χ2n) is 33.9. The van der Waals surface area contributed by atoms with Crippen LogP contribution in [0.15, 0.2) is 170 Å². The van der Waals surface area contributed by atoms with Gasteiger partial charge in [-0.1, -0.05) is 299 Å². The minimum atomic E-state index is -1.04. The third-order valence-electron chi connectivity index (χ3n) is 18.2. The first-order valence-corrected chi connectivity index (χ1v) is 32.3. The van der Waals surface area contributed by atoms with Gasteiger partial charge >= 0.3 is 0 Å². The van der Waals surface area contributed by atoms with Crippen LogP contribution in [0.4, 0.5) is 28.4 Å². The zero-order chi connectivity index (χ0) is 77.7. The average Bonchev–Trinajstić information content (AvgIpc) is 0.684. The number of hydrogen-bond donors (Lipinski definition) is 0. The van der Waals surface area contributed by atoms with Crippen LogP contribution < -0.4 is 26.2 Å². The Morgan fingerprint density at radius 2 is 0.700 bits per heavy atom. The van der Waals surface area contributed by atoms with Gasteiger partial charge in [0.1, 0.15) is 0 Å². The molecule has 0 N–H and O–H groups in total. The first-order chi connectivity index (χ1) is 47.4. The van der Waals surface area contributed by atoms with E-state index in [1.54, 1.807) is 0 Å². The summed E-state index contributed by atoms with van der Waals surface area (Å²) in [4.78, 5) is 4.18. The number of rotatable bonds is 6. The van der Waals surface area contributed by atoms with E-state index in [4.69, 9.17) is 4.11 Å². The van der Waals surface area contributed by atoms with Gasteiger partial charge < -0.3 is 9.80 Å². The summed E-state index contributed by atoms with van der Waals surface area (Å²) < 4.78 is 140. The summed E-state index contributed by atoms with van der Waals surface area (Å²) >= 11 is 0. The van der Waals surface area contributed by atoms with Crippen molar-refractivity contribution in [3.05, 3.63) is 214 Å². The van der Waals surface area contributed by atoms with Crippen molar-refractivity contribution in [2.45, 2.75) is 209 Å². The summed E-state index contributed by atoms with van der Waals surface area (Å²) in [5, 5.41) is 0. The molecule has 90 heavy (non-hydrogen) atoms. The molecule has 2 aliphatic rings. The Labute approximate surface area is 564 Å². The van der Waals surface area contributed by atoms with Gasteiger partial charge in [-0.3, -0.25) is 0 Å². The molecule has 2 aliphatic heterocycles. The van der Waals surface area contributed by atoms with Gasteiger partial charge in [-0.2, -0.15) is 0 Å². The lowest BCUT2D eigenvalue weighted by Gasteiger charge is -2.45. The molecule has 9 aromatic rings. The zero-order valence-corrected chi connectivity index (χ0v) is 58.6.